The number of hydrogen-bond donors (Lipinski definition) is 1. The van der Waals surface area contributed by atoms with E-state index in [4.69, 9.17) is 16.3 Å². The number of ether oxygens (including phenoxy) is 1. The van der Waals surface area contributed by atoms with Crippen LogP contribution < -0.4 is 0 Å². The number of hydrogen-bond acceptors (Lipinski definition) is 4. The lowest BCUT2D eigenvalue weighted by Crippen LogP contribution is -2.19. The Bertz CT molecular complexity index is 1050. The maximum Gasteiger partial charge on any atom is 0.340 e. The first kappa shape index (κ1) is 19.8. The smallest absolute Gasteiger partial charge is 0.340 e. The zero-order valence-electron chi connectivity index (χ0n) is 16.7. The number of nitrogens with zero attached hydrogens (tertiary/aromatic N) is 2. The van der Waals surface area contributed by atoms with E-state index in [1.807, 2.05) is 41.8 Å². The fourth-order valence-corrected chi connectivity index (χ4v) is 4.39. The molecule has 2 heterocycles. The molecule has 3 aromatic rings. The standard InChI is InChI=1S/C23H25ClN2O3/c1-3-29-23(28)21-15(2)26(17-8-6-16(24)7-9-17)19-10-11-20(27)18(22(19)21)14-25-12-4-5-13-25/h6-11,27H,3-5,12-14H2,1-2H3. The van der Waals surface area contributed by atoms with Gasteiger partial charge in [-0.05, 0) is 76.2 Å². The fourth-order valence-electron chi connectivity index (χ4n) is 4.26. The van der Waals surface area contributed by atoms with Gasteiger partial charge in [0.15, 0.2) is 0 Å². The number of aromatic hydroxyl groups is 1. The second-order valence-electron chi connectivity index (χ2n) is 7.43. The van der Waals surface area contributed by atoms with E-state index in [-0.39, 0.29) is 11.7 Å². The van der Waals surface area contributed by atoms with Gasteiger partial charge >= 0.3 is 5.97 Å². The Hall–Kier alpha value is -2.50. The maximum atomic E-state index is 12.9. The molecule has 1 fully saturated rings. The van der Waals surface area contributed by atoms with Crippen LogP contribution in [0.2, 0.25) is 5.02 Å². The second-order valence-corrected chi connectivity index (χ2v) is 7.87. The Balaban J connectivity index is 1.98. The van der Waals surface area contributed by atoms with Crippen molar-refractivity contribution < 1.29 is 14.6 Å². The number of carbonyl (C=O) groups is 1. The lowest BCUT2D eigenvalue weighted by atomic mass is 10.0. The zero-order chi connectivity index (χ0) is 20.5. The summed E-state index contributed by atoms with van der Waals surface area (Å²) in [6, 6.07) is 11.1. The van der Waals surface area contributed by atoms with Crippen molar-refractivity contribution in [3.8, 4) is 11.4 Å². The summed E-state index contributed by atoms with van der Waals surface area (Å²) in [7, 11) is 0. The summed E-state index contributed by atoms with van der Waals surface area (Å²) in [6.45, 7) is 6.63. The first-order valence-electron chi connectivity index (χ1n) is 10.0. The van der Waals surface area contributed by atoms with Crippen LogP contribution in [0, 0.1) is 6.92 Å². The number of likely N-dealkylation sites (tertiary alicyclic amines) is 1. The van der Waals surface area contributed by atoms with Crippen molar-refractivity contribution in [2.45, 2.75) is 33.2 Å². The van der Waals surface area contributed by atoms with Crippen molar-refractivity contribution in [3.05, 3.63) is 58.2 Å². The minimum atomic E-state index is -0.365. The molecule has 29 heavy (non-hydrogen) atoms. The molecule has 6 heteroatoms. The molecule has 1 aliphatic heterocycles. The largest absolute Gasteiger partial charge is 0.508 e. The van der Waals surface area contributed by atoms with E-state index in [1.54, 1.807) is 13.0 Å². The second kappa shape index (κ2) is 8.09. The van der Waals surface area contributed by atoms with Gasteiger partial charge in [0.25, 0.3) is 0 Å². The summed E-state index contributed by atoms with van der Waals surface area (Å²) in [5, 5.41) is 12.1. The van der Waals surface area contributed by atoms with Crippen LogP contribution in [0.5, 0.6) is 5.75 Å². The van der Waals surface area contributed by atoms with E-state index in [0.717, 1.165) is 53.8 Å². The Labute approximate surface area is 175 Å². The van der Waals surface area contributed by atoms with Crippen molar-refractivity contribution >= 4 is 28.5 Å². The molecule has 0 radical (unpaired) electrons. The third kappa shape index (κ3) is 3.61. The van der Waals surface area contributed by atoms with Crippen LogP contribution in [-0.2, 0) is 11.3 Å². The number of carbonyl (C=O) groups excluding carboxylic acids is 1. The fraction of sp³-hybridized carbons (Fsp3) is 0.348. The SMILES string of the molecule is CCOC(=O)c1c(C)n(-c2ccc(Cl)cc2)c2ccc(O)c(CN3CCCC3)c12. The lowest BCUT2D eigenvalue weighted by Gasteiger charge is -2.17. The average molecular weight is 413 g/mol. The Morgan fingerprint density at radius 2 is 1.83 bits per heavy atom. The Morgan fingerprint density at radius 1 is 1.14 bits per heavy atom. The summed E-state index contributed by atoms with van der Waals surface area (Å²) in [5.41, 5.74) is 3.87. The average Bonchev–Trinajstić information content (AvgIpc) is 3.31. The minimum Gasteiger partial charge on any atom is -0.508 e. The number of rotatable bonds is 5. The number of esters is 1. The highest BCUT2D eigenvalue weighted by Gasteiger charge is 2.27. The van der Waals surface area contributed by atoms with Gasteiger partial charge in [-0.25, -0.2) is 4.79 Å². The van der Waals surface area contributed by atoms with Gasteiger partial charge in [0.1, 0.15) is 5.75 Å². The minimum absolute atomic E-state index is 0.211. The third-order valence-corrected chi connectivity index (χ3v) is 5.85. The summed E-state index contributed by atoms with van der Waals surface area (Å²) in [6.07, 6.45) is 2.32. The molecule has 0 spiro atoms. The summed E-state index contributed by atoms with van der Waals surface area (Å²) in [4.78, 5) is 15.2. The molecular formula is C23H25ClN2O3. The molecule has 2 aromatic carbocycles. The van der Waals surface area contributed by atoms with Gasteiger partial charge in [0.05, 0.1) is 17.7 Å². The number of phenolic OH excluding ortho intramolecular Hbond substituents is 1. The normalized spacial score (nSPS) is 14.6. The summed E-state index contributed by atoms with van der Waals surface area (Å²) < 4.78 is 7.41. The van der Waals surface area contributed by atoms with E-state index < -0.39 is 0 Å². The first-order chi connectivity index (χ1) is 14.0. The topological polar surface area (TPSA) is 54.7 Å². The first-order valence-corrected chi connectivity index (χ1v) is 10.4. The molecule has 0 saturated carbocycles. The van der Waals surface area contributed by atoms with Crippen LogP contribution in [0.4, 0.5) is 0 Å². The van der Waals surface area contributed by atoms with Crippen LogP contribution in [0.25, 0.3) is 16.6 Å². The van der Waals surface area contributed by atoms with Gasteiger partial charge < -0.3 is 14.4 Å². The number of halogens is 1. The predicted molar refractivity (Wildman–Crippen MR) is 115 cm³/mol. The van der Waals surface area contributed by atoms with E-state index >= 15 is 0 Å². The molecular weight excluding hydrogens is 388 g/mol. The van der Waals surface area contributed by atoms with Gasteiger partial charge in [0, 0.05) is 33.9 Å². The summed E-state index contributed by atoms with van der Waals surface area (Å²) in [5.74, 6) is -0.154. The van der Waals surface area contributed by atoms with E-state index in [2.05, 4.69) is 4.90 Å². The van der Waals surface area contributed by atoms with Crippen LogP contribution in [0.1, 0.15) is 41.4 Å². The Morgan fingerprint density at radius 3 is 2.48 bits per heavy atom. The van der Waals surface area contributed by atoms with Gasteiger partial charge in [-0.3, -0.25) is 4.90 Å². The van der Waals surface area contributed by atoms with Gasteiger partial charge in [0.2, 0.25) is 0 Å². The van der Waals surface area contributed by atoms with Crippen LogP contribution in [0.3, 0.4) is 0 Å². The van der Waals surface area contributed by atoms with E-state index in [0.29, 0.717) is 23.7 Å². The van der Waals surface area contributed by atoms with Gasteiger partial charge in [-0.1, -0.05) is 11.6 Å². The number of fused-ring (bicyclic) bond motifs is 1. The quantitative estimate of drug-likeness (QED) is 0.594. The molecule has 0 atom stereocenters. The van der Waals surface area contributed by atoms with Gasteiger partial charge in [-0.15, -0.1) is 0 Å². The monoisotopic (exact) mass is 412 g/mol. The molecule has 0 bridgehead atoms. The molecule has 1 aromatic heterocycles. The predicted octanol–water partition coefficient (Wildman–Crippen LogP) is 5.07. The third-order valence-electron chi connectivity index (χ3n) is 5.60. The molecule has 1 saturated heterocycles. The van der Waals surface area contributed by atoms with E-state index in [1.165, 1.54) is 0 Å². The zero-order valence-corrected chi connectivity index (χ0v) is 17.5. The highest BCUT2D eigenvalue weighted by atomic mass is 35.5. The van der Waals surface area contributed by atoms with Crippen molar-refractivity contribution in [1.29, 1.82) is 0 Å². The molecule has 1 N–H and O–H groups in total. The van der Waals surface area contributed by atoms with Crippen molar-refractivity contribution in [1.82, 2.24) is 9.47 Å². The Kier molecular flexibility index (Phi) is 5.52. The van der Waals surface area contributed by atoms with Crippen LogP contribution >= 0.6 is 11.6 Å². The van der Waals surface area contributed by atoms with Crippen molar-refractivity contribution in [3.63, 3.8) is 0 Å². The van der Waals surface area contributed by atoms with Crippen molar-refractivity contribution in [2.24, 2.45) is 0 Å². The van der Waals surface area contributed by atoms with E-state index in [9.17, 15) is 9.90 Å². The van der Waals surface area contributed by atoms with Crippen LogP contribution in [0.15, 0.2) is 36.4 Å². The molecule has 0 amide bonds. The number of aromatic nitrogens is 1. The van der Waals surface area contributed by atoms with Crippen LogP contribution in [-0.4, -0.2) is 40.2 Å². The number of benzene rings is 2. The molecule has 4 rings (SSSR count). The highest BCUT2D eigenvalue weighted by molar-refractivity contribution is 6.30. The highest BCUT2D eigenvalue weighted by Crippen LogP contribution is 2.37. The number of phenols is 1. The molecule has 0 unspecified atom stereocenters. The molecule has 152 valence electrons. The van der Waals surface area contributed by atoms with Crippen molar-refractivity contribution in [2.75, 3.05) is 19.7 Å². The maximum absolute atomic E-state index is 12.9. The molecule has 5 nitrogen and oxygen atoms in total. The molecule has 1 aliphatic rings. The molecule has 0 aliphatic carbocycles. The van der Waals surface area contributed by atoms with Gasteiger partial charge in [-0.2, -0.15) is 0 Å². The summed E-state index contributed by atoms with van der Waals surface area (Å²) >= 11 is 6.07. The lowest BCUT2D eigenvalue weighted by molar-refractivity contribution is 0.0527.